The van der Waals surface area contributed by atoms with E-state index in [1.807, 2.05) is 6.08 Å². The van der Waals surface area contributed by atoms with Gasteiger partial charge in [0.15, 0.2) is 12.4 Å². The van der Waals surface area contributed by atoms with Gasteiger partial charge in [0.25, 0.3) is 0 Å². The van der Waals surface area contributed by atoms with E-state index in [-0.39, 0.29) is 19.4 Å². The number of hydrogen-bond donors (Lipinski definition) is 6. The van der Waals surface area contributed by atoms with E-state index in [4.69, 9.17) is 14.2 Å². The molecule has 1 fully saturated rings. The summed E-state index contributed by atoms with van der Waals surface area (Å²) in [6.45, 7) is 5.72. The van der Waals surface area contributed by atoms with Crippen LogP contribution in [0.3, 0.4) is 0 Å². The van der Waals surface area contributed by atoms with Crippen LogP contribution in [-0.4, -0.2) is 99.6 Å². The second-order valence-corrected chi connectivity index (χ2v) is 20.0. The summed E-state index contributed by atoms with van der Waals surface area (Å²) in [5, 5.41) is 56.8. The molecule has 0 saturated carbocycles. The van der Waals surface area contributed by atoms with E-state index in [1.165, 1.54) is 116 Å². The normalized spacial score (nSPS) is 20.0. The van der Waals surface area contributed by atoms with Crippen molar-refractivity contribution in [3.05, 3.63) is 48.6 Å². The number of esters is 1. The first-order valence-corrected chi connectivity index (χ1v) is 28.9. The van der Waals surface area contributed by atoms with Gasteiger partial charge in [-0.3, -0.25) is 9.59 Å². The fourth-order valence-corrected chi connectivity index (χ4v) is 8.81. The summed E-state index contributed by atoms with van der Waals surface area (Å²) in [5.74, 6) is -1.21. The molecule has 0 bridgehead atoms. The molecule has 11 nitrogen and oxygen atoms in total. The molecule has 0 spiro atoms. The molecule has 1 saturated heterocycles. The molecular weight excluding hydrogens is 883 g/mol. The van der Waals surface area contributed by atoms with Crippen molar-refractivity contribution in [2.45, 2.75) is 301 Å². The third kappa shape index (κ3) is 35.7. The summed E-state index contributed by atoms with van der Waals surface area (Å²) in [5.41, 5.74) is 0. The molecule has 6 N–H and O–H groups in total. The Labute approximate surface area is 427 Å². The minimum atomic E-state index is -1.62. The molecule has 1 rings (SSSR count). The predicted octanol–water partition coefficient (Wildman–Crippen LogP) is 12.9. The second-order valence-electron chi connectivity index (χ2n) is 20.0. The largest absolute Gasteiger partial charge is 0.454 e. The highest BCUT2D eigenvalue weighted by Gasteiger charge is 2.47. The van der Waals surface area contributed by atoms with Gasteiger partial charge in [-0.2, -0.15) is 0 Å². The van der Waals surface area contributed by atoms with Gasteiger partial charge in [-0.15, -0.1) is 0 Å². The molecular formula is C59H107NO10. The van der Waals surface area contributed by atoms with E-state index in [2.05, 4.69) is 62.5 Å². The molecule has 1 aliphatic rings. The third-order valence-corrected chi connectivity index (χ3v) is 13.5. The third-order valence-electron chi connectivity index (χ3n) is 13.5. The molecule has 0 aromatic carbocycles. The zero-order valence-corrected chi connectivity index (χ0v) is 44.9. The molecule has 0 radical (unpaired) electrons. The van der Waals surface area contributed by atoms with E-state index >= 15 is 0 Å². The van der Waals surface area contributed by atoms with Crippen molar-refractivity contribution in [1.82, 2.24) is 5.32 Å². The first-order chi connectivity index (χ1) is 34.2. The number of nitrogens with one attached hydrogen (secondary N) is 1. The lowest BCUT2D eigenvalue weighted by atomic mass is 9.99. The van der Waals surface area contributed by atoms with Crippen LogP contribution < -0.4 is 5.32 Å². The SMILES string of the molecule is CCCCC/C=C/C=C/CCCCCCCC(O)C(=O)NC(COC1OC(CO)C(O)C(O)C1OC(=O)CCCCCCCCC/C=C\CCCCCC)C(O)/C=C/CCCCCCCCCCCC. The number of aliphatic hydroxyl groups excluding tert-OH is 5. The molecule has 11 heteroatoms. The van der Waals surface area contributed by atoms with Crippen molar-refractivity contribution >= 4 is 11.9 Å². The fourth-order valence-electron chi connectivity index (χ4n) is 8.81. The van der Waals surface area contributed by atoms with Gasteiger partial charge in [-0.05, 0) is 77.0 Å². The Morgan fingerprint density at radius 1 is 0.557 bits per heavy atom. The van der Waals surface area contributed by atoms with Crippen molar-refractivity contribution in [2.75, 3.05) is 13.2 Å². The summed E-state index contributed by atoms with van der Waals surface area (Å²) >= 11 is 0. The number of carbonyl (C=O) groups is 2. The maximum absolute atomic E-state index is 13.4. The van der Waals surface area contributed by atoms with Crippen molar-refractivity contribution < 1.29 is 49.3 Å². The maximum Gasteiger partial charge on any atom is 0.306 e. The Morgan fingerprint density at radius 3 is 1.51 bits per heavy atom. The van der Waals surface area contributed by atoms with Crippen LogP contribution in [0.1, 0.15) is 252 Å². The summed E-state index contributed by atoms with van der Waals surface area (Å²) in [4.78, 5) is 26.4. The lowest BCUT2D eigenvalue weighted by Crippen LogP contribution is -2.61. The van der Waals surface area contributed by atoms with Crippen LogP contribution in [0.4, 0.5) is 0 Å². The zero-order chi connectivity index (χ0) is 51.1. The highest BCUT2D eigenvalue weighted by molar-refractivity contribution is 5.80. The van der Waals surface area contributed by atoms with Crippen molar-refractivity contribution in [3.63, 3.8) is 0 Å². The minimum absolute atomic E-state index is 0.117. The summed E-state index contributed by atoms with van der Waals surface area (Å²) in [6.07, 6.45) is 45.7. The average molecular weight is 991 g/mol. The smallest absolute Gasteiger partial charge is 0.306 e. The van der Waals surface area contributed by atoms with Gasteiger partial charge < -0.3 is 45.1 Å². The van der Waals surface area contributed by atoms with Gasteiger partial charge in [-0.1, -0.05) is 217 Å². The van der Waals surface area contributed by atoms with Crippen LogP contribution in [0.25, 0.3) is 0 Å². The lowest BCUT2D eigenvalue weighted by molar-refractivity contribution is -0.305. The molecule has 8 atom stereocenters. The maximum atomic E-state index is 13.4. The van der Waals surface area contributed by atoms with Gasteiger partial charge in [0.2, 0.25) is 5.91 Å². The van der Waals surface area contributed by atoms with Crippen LogP contribution in [0.5, 0.6) is 0 Å². The molecule has 0 aliphatic carbocycles. The Balaban J connectivity index is 2.74. The van der Waals surface area contributed by atoms with Crippen LogP contribution >= 0.6 is 0 Å². The number of ether oxygens (including phenoxy) is 3. The Morgan fingerprint density at radius 2 is 0.986 bits per heavy atom. The topological polar surface area (TPSA) is 175 Å². The fraction of sp³-hybridized carbons (Fsp3) is 0.831. The average Bonchev–Trinajstić information content (AvgIpc) is 3.36. The molecule has 1 aliphatic heterocycles. The number of carbonyl (C=O) groups excluding carboxylic acids is 2. The van der Waals surface area contributed by atoms with Gasteiger partial charge in [0, 0.05) is 6.42 Å². The van der Waals surface area contributed by atoms with E-state index in [0.29, 0.717) is 12.8 Å². The molecule has 8 unspecified atom stereocenters. The molecule has 0 aromatic rings. The summed E-state index contributed by atoms with van der Waals surface area (Å²) < 4.78 is 17.6. The first-order valence-electron chi connectivity index (χ1n) is 28.9. The van der Waals surface area contributed by atoms with Gasteiger partial charge >= 0.3 is 5.97 Å². The van der Waals surface area contributed by atoms with Crippen molar-refractivity contribution in [2.24, 2.45) is 0 Å². The number of allylic oxidation sites excluding steroid dienone is 7. The van der Waals surface area contributed by atoms with E-state index < -0.39 is 67.4 Å². The number of amides is 1. The van der Waals surface area contributed by atoms with Crippen LogP contribution in [0.2, 0.25) is 0 Å². The van der Waals surface area contributed by atoms with Crippen LogP contribution in [-0.2, 0) is 23.8 Å². The number of rotatable bonds is 48. The van der Waals surface area contributed by atoms with Crippen LogP contribution in [0.15, 0.2) is 48.6 Å². The predicted molar refractivity (Wildman–Crippen MR) is 287 cm³/mol. The Kier molecular flexibility index (Phi) is 44.6. The highest BCUT2D eigenvalue weighted by Crippen LogP contribution is 2.26. The highest BCUT2D eigenvalue weighted by atomic mass is 16.7. The van der Waals surface area contributed by atoms with Gasteiger partial charge in [0.05, 0.1) is 25.4 Å². The Bertz CT molecular complexity index is 1320. The van der Waals surface area contributed by atoms with E-state index in [1.54, 1.807) is 6.08 Å². The summed E-state index contributed by atoms with van der Waals surface area (Å²) in [7, 11) is 0. The molecule has 408 valence electrons. The lowest BCUT2D eigenvalue weighted by Gasteiger charge is -2.41. The Hall–Kier alpha value is -2.38. The number of hydrogen-bond acceptors (Lipinski definition) is 10. The van der Waals surface area contributed by atoms with Crippen molar-refractivity contribution in [1.29, 1.82) is 0 Å². The molecule has 1 amide bonds. The van der Waals surface area contributed by atoms with E-state index in [9.17, 15) is 35.1 Å². The first kappa shape index (κ1) is 65.6. The minimum Gasteiger partial charge on any atom is -0.454 e. The standard InChI is InChI=1S/C59H107NO10/c1-4-7-10-13-16-19-22-25-27-29-32-35-38-41-44-47-54(64)70-57-56(66)55(65)53(48-61)69-59(57)68-49-50(51(62)45-42-39-36-33-30-24-21-18-15-12-9-6-3)60-58(67)52(63)46-43-40-37-34-31-28-26-23-20-17-14-11-8-5-2/h17,19-20,22-23,26,42,45,50-53,55-57,59,61-63,65-66H,4-16,18,21,24-25,27-41,43-44,46-49H2,1-3H3,(H,60,67)/b20-17+,22-19-,26-23+,45-42+. The number of unbranched alkanes of at least 4 members (excludes halogenated alkanes) is 29. The monoisotopic (exact) mass is 990 g/mol. The quantitative estimate of drug-likeness (QED) is 0.0149. The zero-order valence-electron chi connectivity index (χ0n) is 44.9. The summed E-state index contributed by atoms with van der Waals surface area (Å²) in [6, 6.07) is -1.03. The molecule has 70 heavy (non-hydrogen) atoms. The molecule has 1 heterocycles. The van der Waals surface area contributed by atoms with Gasteiger partial charge in [-0.25, -0.2) is 0 Å². The van der Waals surface area contributed by atoms with Crippen LogP contribution in [0, 0.1) is 0 Å². The van der Waals surface area contributed by atoms with Gasteiger partial charge in [0.1, 0.15) is 24.4 Å². The van der Waals surface area contributed by atoms with E-state index in [0.717, 1.165) is 89.9 Å². The second kappa shape index (κ2) is 47.6. The number of aliphatic hydroxyl groups is 5. The molecule has 0 aromatic heterocycles. The van der Waals surface area contributed by atoms with Crippen molar-refractivity contribution in [3.8, 4) is 0 Å².